The normalized spacial score (nSPS) is 11.9. The minimum absolute atomic E-state index is 0.156. The van der Waals surface area contributed by atoms with E-state index in [-0.39, 0.29) is 5.16 Å². The van der Waals surface area contributed by atoms with Gasteiger partial charge in [0.2, 0.25) is 0 Å². The summed E-state index contributed by atoms with van der Waals surface area (Å²) in [5.41, 5.74) is 11.9. The first kappa shape index (κ1) is 8.08. The highest BCUT2D eigenvalue weighted by atomic mass is 35.5. The van der Waals surface area contributed by atoms with Crippen molar-refractivity contribution in [3.63, 3.8) is 0 Å². The summed E-state index contributed by atoms with van der Waals surface area (Å²) in [6.45, 7) is 0. The molecular weight excluding hydrogens is 160 g/mol. The Morgan fingerprint density at radius 3 is 2.73 bits per heavy atom. The molecule has 11 heavy (non-hydrogen) atoms. The Kier molecular flexibility index (Phi) is 2.15. The Morgan fingerprint density at radius 2 is 2.36 bits per heavy atom. The molecular formula is C6H7BClN3. The summed E-state index contributed by atoms with van der Waals surface area (Å²) in [5.74, 6) is 0.464. The molecule has 0 fully saturated rings. The lowest BCUT2D eigenvalue weighted by atomic mass is 9.95. The molecule has 1 aromatic heterocycles. The van der Waals surface area contributed by atoms with Gasteiger partial charge in [-0.3, -0.25) is 0 Å². The topological polar surface area (TPSA) is 67.8 Å². The number of rotatable bonds is 1. The molecule has 3 nitrogen and oxygen atoms in total. The van der Waals surface area contributed by atoms with Crippen LogP contribution in [0.3, 0.4) is 0 Å². The van der Waals surface area contributed by atoms with E-state index in [1.807, 2.05) is 0 Å². The summed E-state index contributed by atoms with van der Waals surface area (Å²) in [4.78, 5) is 2.74. The molecule has 0 aromatic carbocycles. The molecule has 0 saturated heterocycles. The maximum atomic E-state index is 5.52. The zero-order valence-electron chi connectivity index (χ0n) is 5.76. The van der Waals surface area contributed by atoms with Crippen molar-refractivity contribution in [2.45, 2.75) is 0 Å². The van der Waals surface area contributed by atoms with Crippen molar-refractivity contribution in [1.82, 2.24) is 4.98 Å². The van der Waals surface area contributed by atoms with Gasteiger partial charge in [-0.15, -0.1) is 0 Å². The Morgan fingerprint density at radius 1 is 1.73 bits per heavy atom. The van der Waals surface area contributed by atoms with Gasteiger partial charge in [0, 0.05) is 5.56 Å². The maximum absolute atomic E-state index is 5.52. The van der Waals surface area contributed by atoms with Crippen molar-refractivity contribution in [2.75, 3.05) is 5.73 Å². The zero-order valence-corrected chi connectivity index (χ0v) is 6.52. The lowest BCUT2D eigenvalue weighted by Gasteiger charge is -1.93. The number of H-pyrrole nitrogens is 1. The second-order valence-corrected chi connectivity index (χ2v) is 2.54. The van der Waals surface area contributed by atoms with Gasteiger partial charge in [-0.2, -0.15) is 0 Å². The Balaban J connectivity index is 3.11. The lowest BCUT2D eigenvalue weighted by molar-refractivity contribution is 1.41. The smallest absolute Gasteiger partial charge is 0.116 e. The first-order valence-corrected chi connectivity index (χ1v) is 3.34. The van der Waals surface area contributed by atoms with Crippen LogP contribution in [-0.4, -0.2) is 12.8 Å². The zero-order chi connectivity index (χ0) is 8.43. The Hall–Kier alpha value is -1.03. The van der Waals surface area contributed by atoms with Gasteiger partial charge in [-0.05, 0) is 12.3 Å². The van der Waals surface area contributed by atoms with Crippen LogP contribution >= 0.6 is 11.6 Å². The van der Waals surface area contributed by atoms with Gasteiger partial charge >= 0.3 is 0 Å². The van der Waals surface area contributed by atoms with Crippen LogP contribution in [0.5, 0.6) is 0 Å². The van der Waals surface area contributed by atoms with Crippen LogP contribution in [0.15, 0.2) is 11.4 Å². The third-order valence-corrected chi connectivity index (χ3v) is 1.38. The van der Waals surface area contributed by atoms with Gasteiger partial charge in [0.25, 0.3) is 0 Å². The molecule has 0 aliphatic rings. The molecule has 0 atom stereocenters. The van der Waals surface area contributed by atoms with Gasteiger partial charge in [0.05, 0.1) is 5.16 Å². The fraction of sp³-hybridized carbons (Fsp3) is 0. The molecule has 2 radical (unpaired) electrons. The van der Waals surface area contributed by atoms with Gasteiger partial charge in [0.15, 0.2) is 0 Å². The second kappa shape index (κ2) is 2.92. The van der Waals surface area contributed by atoms with Crippen molar-refractivity contribution >= 4 is 36.8 Å². The van der Waals surface area contributed by atoms with Gasteiger partial charge in [0.1, 0.15) is 13.7 Å². The van der Waals surface area contributed by atoms with Crippen molar-refractivity contribution < 1.29 is 0 Å². The lowest BCUT2D eigenvalue weighted by Crippen LogP contribution is -2.03. The van der Waals surface area contributed by atoms with Crippen LogP contribution in [0.1, 0.15) is 5.56 Å². The third-order valence-electron chi connectivity index (χ3n) is 1.27. The molecule has 0 aliphatic heterocycles. The average Bonchev–Trinajstić information content (AvgIpc) is 2.18. The molecule has 5 heteroatoms. The maximum Gasteiger partial charge on any atom is 0.116 e. The summed E-state index contributed by atoms with van der Waals surface area (Å²) in [7, 11) is 5.52. The van der Waals surface area contributed by atoms with E-state index < -0.39 is 0 Å². The highest BCUT2D eigenvalue weighted by Crippen LogP contribution is 2.09. The number of aromatic nitrogens is 1. The van der Waals surface area contributed by atoms with Gasteiger partial charge in [-0.25, -0.2) is 0 Å². The molecule has 5 N–H and O–H groups in total. The van der Waals surface area contributed by atoms with Crippen molar-refractivity contribution in [2.24, 2.45) is 5.73 Å². The van der Waals surface area contributed by atoms with E-state index in [4.69, 9.17) is 30.9 Å². The number of anilines is 1. The number of halogens is 1. The quantitative estimate of drug-likeness (QED) is 0.403. The van der Waals surface area contributed by atoms with Crippen LogP contribution in [-0.2, 0) is 0 Å². The van der Waals surface area contributed by atoms with E-state index in [1.165, 1.54) is 6.08 Å². The predicted octanol–water partition coefficient (Wildman–Crippen LogP) is -0.113. The predicted molar refractivity (Wildman–Crippen MR) is 48.6 cm³/mol. The molecule has 0 amide bonds. The highest BCUT2D eigenvalue weighted by Gasteiger charge is 2.00. The third kappa shape index (κ3) is 1.71. The summed E-state index contributed by atoms with van der Waals surface area (Å²) in [6, 6.07) is 0. The highest BCUT2D eigenvalue weighted by molar-refractivity contribution is 6.36. The number of hydrogen-bond donors (Lipinski definition) is 3. The number of nitrogens with two attached hydrogens (primary N) is 2. The largest absolute Gasteiger partial charge is 0.389 e. The number of nitrogens with one attached hydrogen (secondary N) is 1. The Labute approximate surface area is 70.8 Å². The van der Waals surface area contributed by atoms with Crippen LogP contribution in [0.2, 0.25) is 0 Å². The molecule has 0 aliphatic carbocycles. The monoisotopic (exact) mass is 167 g/mol. The minimum atomic E-state index is 0.156. The van der Waals surface area contributed by atoms with Gasteiger partial charge in [-0.1, -0.05) is 17.1 Å². The first-order chi connectivity index (χ1) is 5.11. The van der Waals surface area contributed by atoms with Gasteiger partial charge < -0.3 is 16.5 Å². The van der Waals surface area contributed by atoms with E-state index >= 15 is 0 Å². The summed E-state index contributed by atoms with van der Waals surface area (Å²) in [5, 5.41) is 0.156. The Bertz CT molecular complexity index is 269. The molecule has 0 bridgehead atoms. The molecule has 0 spiro atoms. The minimum Gasteiger partial charge on any atom is -0.389 e. The number of aromatic amines is 1. The summed E-state index contributed by atoms with van der Waals surface area (Å²) < 4.78 is 0. The fourth-order valence-electron chi connectivity index (χ4n) is 0.765. The van der Waals surface area contributed by atoms with E-state index in [9.17, 15) is 0 Å². The molecule has 0 saturated carbocycles. The van der Waals surface area contributed by atoms with E-state index in [0.717, 1.165) is 0 Å². The number of hydrogen-bond acceptors (Lipinski definition) is 2. The number of nitrogen functional groups attached to an aromatic ring is 1. The summed E-state index contributed by atoms with van der Waals surface area (Å²) >= 11 is 5.43. The first-order valence-electron chi connectivity index (χ1n) is 2.96. The fourth-order valence-corrected chi connectivity index (χ4v) is 0.875. The summed E-state index contributed by atoms with van der Waals surface area (Å²) in [6.07, 6.45) is 3.09. The van der Waals surface area contributed by atoms with Crippen LogP contribution in [0, 0.1) is 0 Å². The molecule has 1 rings (SSSR count). The van der Waals surface area contributed by atoms with Crippen molar-refractivity contribution in [1.29, 1.82) is 0 Å². The molecule has 1 aromatic rings. The SMILES string of the molecule is [B]c1c[nH]c(N)c1/C=C(\N)Cl. The van der Waals surface area contributed by atoms with E-state index in [1.54, 1.807) is 6.20 Å². The second-order valence-electron chi connectivity index (χ2n) is 2.10. The van der Waals surface area contributed by atoms with Crippen LogP contribution < -0.4 is 16.9 Å². The van der Waals surface area contributed by atoms with Crippen LogP contribution in [0.25, 0.3) is 6.08 Å². The molecule has 1 heterocycles. The van der Waals surface area contributed by atoms with Crippen LogP contribution in [0.4, 0.5) is 5.82 Å². The standard InChI is InChI=1S/C6H7BClN3/c7-4-2-11-6(10)3(4)1-5(8)9/h1-2,11H,9-10H2/b5-1-. The average molecular weight is 167 g/mol. The molecule has 0 unspecified atom stereocenters. The van der Waals surface area contributed by atoms with E-state index in [2.05, 4.69) is 4.98 Å². The molecule has 56 valence electrons. The van der Waals surface area contributed by atoms with Crippen molar-refractivity contribution in [3.05, 3.63) is 16.9 Å². The van der Waals surface area contributed by atoms with Crippen molar-refractivity contribution in [3.8, 4) is 0 Å². The van der Waals surface area contributed by atoms with E-state index in [0.29, 0.717) is 16.8 Å².